The van der Waals surface area contributed by atoms with Gasteiger partial charge in [-0.3, -0.25) is 4.79 Å². The van der Waals surface area contributed by atoms with Crippen LogP contribution in [-0.4, -0.2) is 12.5 Å². The third-order valence-corrected chi connectivity index (χ3v) is 6.07. The van der Waals surface area contributed by atoms with E-state index in [0.717, 1.165) is 22.6 Å². The predicted molar refractivity (Wildman–Crippen MR) is 126 cm³/mol. The monoisotopic (exact) mass is 439 g/mol. The zero-order valence-corrected chi connectivity index (χ0v) is 19.0. The lowest BCUT2D eigenvalue weighted by Crippen LogP contribution is -2.26. The number of halogens is 1. The summed E-state index contributed by atoms with van der Waals surface area (Å²) in [6, 6.07) is 21.5. The number of aryl methyl sites for hydroxylation is 1. The van der Waals surface area contributed by atoms with Crippen LogP contribution in [0.15, 0.2) is 71.6 Å². The molecule has 156 valence electrons. The van der Waals surface area contributed by atoms with Gasteiger partial charge >= 0.3 is 0 Å². The molecule has 0 saturated heterocycles. The Kier molecular flexibility index (Phi) is 7.83. The minimum Gasteiger partial charge on any atom is -0.494 e. The number of hydrogen-bond acceptors (Lipinski definition) is 3. The second-order valence-corrected chi connectivity index (χ2v) is 8.59. The first kappa shape index (κ1) is 22.3. The molecule has 3 aromatic rings. The normalized spacial score (nSPS) is 11.7. The number of carbonyl (C=O) groups is 1. The van der Waals surface area contributed by atoms with E-state index in [1.165, 1.54) is 10.5 Å². The Morgan fingerprint density at radius 1 is 1.07 bits per heavy atom. The van der Waals surface area contributed by atoms with Crippen LogP contribution in [0.1, 0.15) is 46.9 Å². The molecular formula is C25H26ClNO2S. The Bertz CT molecular complexity index is 987. The molecule has 0 aliphatic carbocycles. The lowest BCUT2D eigenvalue weighted by atomic mass is 10.1. The van der Waals surface area contributed by atoms with E-state index in [9.17, 15) is 4.79 Å². The molecule has 5 heteroatoms. The first-order valence-corrected chi connectivity index (χ1v) is 11.3. The maximum atomic E-state index is 12.8. The third kappa shape index (κ3) is 6.04. The Labute approximate surface area is 187 Å². The van der Waals surface area contributed by atoms with Crippen molar-refractivity contribution in [2.45, 2.75) is 37.5 Å². The molecule has 0 aromatic heterocycles. The second-order valence-electron chi connectivity index (χ2n) is 7.10. The molecule has 1 N–H and O–H groups in total. The van der Waals surface area contributed by atoms with Crippen molar-refractivity contribution in [2.75, 3.05) is 6.61 Å². The van der Waals surface area contributed by atoms with Gasteiger partial charge in [-0.05, 0) is 68.8 Å². The van der Waals surface area contributed by atoms with Crippen molar-refractivity contribution in [1.82, 2.24) is 5.32 Å². The van der Waals surface area contributed by atoms with Gasteiger partial charge in [-0.25, -0.2) is 0 Å². The highest BCUT2D eigenvalue weighted by Gasteiger charge is 2.14. The van der Waals surface area contributed by atoms with Crippen LogP contribution in [0, 0.1) is 6.92 Å². The number of ether oxygens (including phenoxy) is 1. The topological polar surface area (TPSA) is 38.3 Å². The highest BCUT2D eigenvalue weighted by Crippen LogP contribution is 2.29. The van der Waals surface area contributed by atoms with Crippen LogP contribution >= 0.6 is 23.4 Å². The molecule has 1 atom stereocenters. The molecule has 0 heterocycles. The van der Waals surface area contributed by atoms with Crippen molar-refractivity contribution in [3.63, 3.8) is 0 Å². The van der Waals surface area contributed by atoms with Crippen LogP contribution in [-0.2, 0) is 5.75 Å². The van der Waals surface area contributed by atoms with Crippen molar-refractivity contribution in [2.24, 2.45) is 0 Å². The fraction of sp³-hybridized carbons (Fsp3) is 0.240. The first-order valence-electron chi connectivity index (χ1n) is 9.97. The molecular weight excluding hydrogens is 414 g/mol. The molecule has 30 heavy (non-hydrogen) atoms. The number of amides is 1. The number of carbonyl (C=O) groups excluding carboxylic acids is 1. The molecule has 3 rings (SSSR count). The zero-order valence-electron chi connectivity index (χ0n) is 17.4. The van der Waals surface area contributed by atoms with Crippen LogP contribution in [0.4, 0.5) is 0 Å². The number of hydrogen-bond donors (Lipinski definition) is 1. The van der Waals surface area contributed by atoms with Crippen molar-refractivity contribution in [3.8, 4) is 5.75 Å². The Hall–Kier alpha value is -2.43. The summed E-state index contributed by atoms with van der Waals surface area (Å²) in [6.45, 7) is 6.59. The SMILES string of the molecule is CCOc1ccc(C(=O)N[C@@H](C)c2ccc(Cl)cc2)cc1CSc1ccc(C)cc1. The fourth-order valence-corrected chi connectivity index (χ4v) is 4.04. The van der Waals surface area contributed by atoms with E-state index in [1.54, 1.807) is 11.8 Å². The number of thioether (sulfide) groups is 1. The molecule has 0 aliphatic rings. The van der Waals surface area contributed by atoms with Crippen molar-refractivity contribution >= 4 is 29.3 Å². The predicted octanol–water partition coefficient (Wildman–Crippen LogP) is 6.83. The van der Waals surface area contributed by atoms with Gasteiger partial charge in [0.1, 0.15) is 5.75 Å². The summed E-state index contributed by atoms with van der Waals surface area (Å²) < 4.78 is 5.78. The van der Waals surface area contributed by atoms with Gasteiger partial charge in [0, 0.05) is 26.8 Å². The quantitative estimate of drug-likeness (QED) is 0.391. The average Bonchev–Trinajstić information content (AvgIpc) is 2.74. The fourth-order valence-electron chi connectivity index (χ4n) is 3.04. The summed E-state index contributed by atoms with van der Waals surface area (Å²) >= 11 is 7.69. The summed E-state index contributed by atoms with van der Waals surface area (Å²) in [5.74, 6) is 1.44. The zero-order chi connectivity index (χ0) is 21.5. The highest BCUT2D eigenvalue weighted by molar-refractivity contribution is 7.98. The van der Waals surface area contributed by atoms with E-state index in [2.05, 4.69) is 36.5 Å². The van der Waals surface area contributed by atoms with E-state index in [4.69, 9.17) is 16.3 Å². The molecule has 0 bridgehead atoms. The van der Waals surface area contributed by atoms with Gasteiger partial charge < -0.3 is 10.1 Å². The molecule has 0 unspecified atom stereocenters. The van der Waals surface area contributed by atoms with Crippen molar-refractivity contribution in [1.29, 1.82) is 0 Å². The summed E-state index contributed by atoms with van der Waals surface area (Å²) in [7, 11) is 0. The number of benzene rings is 3. The Morgan fingerprint density at radius 3 is 2.43 bits per heavy atom. The number of rotatable bonds is 8. The lowest BCUT2D eigenvalue weighted by molar-refractivity contribution is 0.0939. The smallest absolute Gasteiger partial charge is 0.251 e. The van der Waals surface area contributed by atoms with Crippen molar-refractivity contribution in [3.05, 3.63) is 94.0 Å². The minimum atomic E-state index is -0.119. The van der Waals surface area contributed by atoms with Gasteiger partial charge in [0.25, 0.3) is 5.91 Å². The van der Waals surface area contributed by atoms with Gasteiger partial charge in [-0.1, -0.05) is 41.4 Å². The molecule has 0 radical (unpaired) electrons. The van der Waals surface area contributed by atoms with Gasteiger partial charge in [-0.2, -0.15) is 0 Å². The second kappa shape index (κ2) is 10.6. The first-order chi connectivity index (χ1) is 14.5. The van der Waals surface area contributed by atoms with E-state index in [0.29, 0.717) is 17.2 Å². The van der Waals surface area contributed by atoms with Crippen molar-refractivity contribution < 1.29 is 9.53 Å². The maximum Gasteiger partial charge on any atom is 0.251 e. The summed E-state index contributed by atoms with van der Waals surface area (Å²) in [4.78, 5) is 14.0. The minimum absolute atomic E-state index is 0.109. The molecule has 0 spiro atoms. The molecule has 3 nitrogen and oxygen atoms in total. The van der Waals surface area contributed by atoms with Gasteiger partial charge in [0.15, 0.2) is 0 Å². The van der Waals surface area contributed by atoms with Crippen LogP contribution in [0.5, 0.6) is 5.75 Å². The van der Waals surface area contributed by atoms with Gasteiger partial charge in [0.05, 0.1) is 12.6 Å². The van der Waals surface area contributed by atoms with E-state index < -0.39 is 0 Å². The summed E-state index contributed by atoms with van der Waals surface area (Å²) in [6.07, 6.45) is 0. The Morgan fingerprint density at radius 2 is 1.77 bits per heavy atom. The number of nitrogens with one attached hydrogen (secondary N) is 1. The van der Waals surface area contributed by atoms with E-state index >= 15 is 0 Å². The van der Waals surface area contributed by atoms with E-state index in [-0.39, 0.29) is 11.9 Å². The lowest BCUT2D eigenvalue weighted by Gasteiger charge is -2.16. The average molecular weight is 440 g/mol. The largest absolute Gasteiger partial charge is 0.494 e. The highest BCUT2D eigenvalue weighted by atomic mass is 35.5. The summed E-state index contributed by atoms with van der Waals surface area (Å²) in [5.41, 5.74) is 3.88. The standard InChI is InChI=1S/C25H26ClNO2S/c1-4-29-24-14-9-20(15-21(24)16-30-23-12-5-17(2)6-13-23)25(28)27-18(3)19-7-10-22(26)11-8-19/h5-15,18H,4,16H2,1-3H3,(H,27,28)/t18-/m0/s1. The van der Waals surface area contributed by atoms with Crippen LogP contribution < -0.4 is 10.1 Å². The van der Waals surface area contributed by atoms with Crippen LogP contribution in [0.25, 0.3) is 0 Å². The van der Waals surface area contributed by atoms with Crippen LogP contribution in [0.3, 0.4) is 0 Å². The molecule has 0 fully saturated rings. The summed E-state index contributed by atoms with van der Waals surface area (Å²) in [5, 5.41) is 3.74. The molecule has 1 amide bonds. The van der Waals surface area contributed by atoms with Gasteiger partial charge in [0.2, 0.25) is 0 Å². The third-order valence-electron chi connectivity index (χ3n) is 4.76. The Balaban J connectivity index is 1.73. The van der Waals surface area contributed by atoms with Gasteiger partial charge in [-0.15, -0.1) is 11.8 Å². The molecule has 0 saturated carbocycles. The molecule has 0 aliphatic heterocycles. The van der Waals surface area contributed by atoms with Crippen LogP contribution in [0.2, 0.25) is 5.02 Å². The molecule has 3 aromatic carbocycles. The maximum absolute atomic E-state index is 12.8. The van der Waals surface area contributed by atoms with E-state index in [1.807, 2.05) is 56.3 Å².